The summed E-state index contributed by atoms with van der Waals surface area (Å²) in [5.74, 6) is -0.353. The van der Waals surface area contributed by atoms with Crippen molar-refractivity contribution in [3.63, 3.8) is 0 Å². The van der Waals surface area contributed by atoms with Crippen molar-refractivity contribution >= 4 is 5.97 Å². The Morgan fingerprint density at radius 2 is 1.53 bits per heavy atom. The largest absolute Gasteiger partial charge is 0.481 e. The first-order chi connectivity index (χ1) is 23.0. The molecule has 1 heterocycles. The van der Waals surface area contributed by atoms with E-state index in [0.717, 1.165) is 64.2 Å². The Balaban J connectivity index is 1.22. The van der Waals surface area contributed by atoms with Crippen LogP contribution in [0.1, 0.15) is 123 Å². The van der Waals surface area contributed by atoms with Crippen LogP contribution in [0.5, 0.6) is 0 Å². The number of carboxylic acid groups (broad SMARTS) is 1. The molecule has 1 aromatic rings. The molecule has 3 N–H and O–H groups in total. The topological polar surface area (TPSA) is 96.2 Å². The van der Waals surface area contributed by atoms with Crippen molar-refractivity contribution < 1.29 is 29.6 Å². The molecule has 1 aromatic carbocycles. The molecule has 7 aliphatic rings. The molecule has 14 atom stereocenters. The number of hydrogen-bond donors (Lipinski definition) is 3. The highest BCUT2D eigenvalue weighted by molar-refractivity contribution is 5.74. The summed E-state index contributed by atoms with van der Waals surface area (Å²) in [6.07, 6.45) is 12.3. The summed E-state index contributed by atoms with van der Waals surface area (Å²) in [6.45, 7) is 15.4. The molecule has 6 heteroatoms. The number of benzene rings is 1. The van der Waals surface area contributed by atoms with Crippen LogP contribution in [0.3, 0.4) is 0 Å². The summed E-state index contributed by atoms with van der Waals surface area (Å²) in [4.78, 5) is 12.7. The van der Waals surface area contributed by atoms with Gasteiger partial charge in [-0.2, -0.15) is 0 Å². The number of aliphatic carboxylic acids is 1. The second kappa shape index (κ2) is 10.8. The number of ether oxygens (including phenoxy) is 2. The zero-order valence-corrected chi connectivity index (χ0v) is 31.4. The van der Waals surface area contributed by atoms with Gasteiger partial charge in [0.15, 0.2) is 5.79 Å². The van der Waals surface area contributed by atoms with Crippen LogP contribution in [-0.2, 0) is 27.1 Å². The maximum atomic E-state index is 12.7. The SMILES string of the molecule is COCCc1ccc(CC2OC3(O)CC4CCC5CC6(C)C7CC(C)(C(=O)O)CCC7(C)CCC6(C)C6CCC2(C3C)C4(CO)C56C)cc1. The Labute approximate surface area is 295 Å². The molecule has 6 aliphatic carbocycles. The lowest BCUT2D eigenvalue weighted by molar-refractivity contribution is -0.355. The summed E-state index contributed by atoms with van der Waals surface area (Å²) < 4.78 is 12.3. The molecule has 2 bridgehead atoms. The van der Waals surface area contributed by atoms with Gasteiger partial charge in [-0.15, -0.1) is 0 Å². The molecule has 7 fully saturated rings. The molecule has 8 rings (SSSR count). The van der Waals surface area contributed by atoms with E-state index < -0.39 is 17.2 Å². The number of aliphatic hydroxyl groups excluding tert-OH is 1. The van der Waals surface area contributed by atoms with Crippen LogP contribution in [0, 0.1) is 67.5 Å². The number of aliphatic hydroxyl groups is 2. The number of rotatable bonds is 7. The smallest absolute Gasteiger partial charge is 0.309 e. The van der Waals surface area contributed by atoms with Crippen molar-refractivity contribution in [1.29, 1.82) is 0 Å². The second-order valence-electron chi connectivity index (χ2n) is 20.0. The quantitative estimate of drug-likeness (QED) is 0.271. The minimum absolute atomic E-state index is 0.0388. The Hall–Kier alpha value is -1.47. The Kier molecular flexibility index (Phi) is 7.62. The van der Waals surface area contributed by atoms with Gasteiger partial charge >= 0.3 is 5.97 Å². The summed E-state index contributed by atoms with van der Waals surface area (Å²) >= 11 is 0. The van der Waals surface area contributed by atoms with E-state index in [9.17, 15) is 20.1 Å². The molecule has 0 radical (unpaired) electrons. The van der Waals surface area contributed by atoms with Crippen LogP contribution in [-0.4, -0.2) is 53.5 Å². The zero-order chi connectivity index (χ0) is 35.0. The summed E-state index contributed by atoms with van der Waals surface area (Å²) in [5, 5.41) is 35.1. The highest BCUT2D eigenvalue weighted by Crippen LogP contribution is 2.87. The molecular weight excluding hydrogens is 612 g/mol. The third kappa shape index (κ3) is 4.02. The Morgan fingerprint density at radius 3 is 2.20 bits per heavy atom. The third-order valence-electron chi connectivity index (χ3n) is 19.0. The van der Waals surface area contributed by atoms with Crippen LogP contribution in [0.4, 0.5) is 0 Å². The predicted octanol–water partition coefficient (Wildman–Crippen LogP) is 8.06. The van der Waals surface area contributed by atoms with E-state index in [1.54, 1.807) is 7.11 Å². The molecule has 6 saturated carbocycles. The average molecular weight is 677 g/mol. The minimum atomic E-state index is -1.16. The van der Waals surface area contributed by atoms with Crippen LogP contribution >= 0.6 is 0 Å². The lowest BCUT2D eigenvalue weighted by atomic mass is 9.22. The van der Waals surface area contributed by atoms with Gasteiger partial charge in [0.2, 0.25) is 0 Å². The average Bonchev–Trinajstić information content (AvgIpc) is 3.19. The summed E-state index contributed by atoms with van der Waals surface area (Å²) in [6, 6.07) is 8.91. The molecule has 0 aromatic heterocycles. The molecule has 0 amide bonds. The predicted molar refractivity (Wildman–Crippen MR) is 190 cm³/mol. The number of fused-ring (bicyclic) bond motifs is 5. The van der Waals surface area contributed by atoms with Gasteiger partial charge in [-0.1, -0.05) is 58.9 Å². The molecule has 49 heavy (non-hydrogen) atoms. The fraction of sp³-hybridized carbons (Fsp3) is 0.837. The van der Waals surface area contributed by atoms with Gasteiger partial charge in [0.1, 0.15) is 0 Å². The summed E-state index contributed by atoms with van der Waals surface area (Å²) in [7, 11) is 1.74. The standard InChI is InChI=1S/C43H64O6/c1-27-41-16-14-32-38(4)20-19-36(2)17-18-37(3,35(45)46)25-33(36)39(38,5)23-30-12-13-31(42(41,26-44)40(30,32)6)24-43(27,47)49-34(41)22-29-10-8-28(9-11-29)15-21-48-7/h8-11,27,30-34,44,47H,12-26H2,1-7H3,(H,45,46). The fourth-order valence-corrected chi connectivity index (χ4v) is 16.1. The Morgan fingerprint density at radius 1 is 0.857 bits per heavy atom. The van der Waals surface area contributed by atoms with Crippen LogP contribution in [0.2, 0.25) is 0 Å². The van der Waals surface area contributed by atoms with Gasteiger partial charge < -0.3 is 24.8 Å². The molecule has 1 spiro atoms. The molecule has 6 nitrogen and oxygen atoms in total. The van der Waals surface area contributed by atoms with Crippen LogP contribution in [0.25, 0.3) is 0 Å². The first-order valence-corrected chi connectivity index (χ1v) is 19.8. The van der Waals surface area contributed by atoms with Gasteiger partial charge in [0.25, 0.3) is 0 Å². The Bertz CT molecular complexity index is 1490. The number of carboxylic acids is 1. The van der Waals surface area contributed by atoms with E-state index in [2.05, 4.69) is 58.9 Å². The minimum Gasteiger partial charge on any atom is -0.481 e. The zero-order valence-electron chi connectivity index (χ0n) is 31.4. The number of hydrogen-bond acceptors (Lipinski definition) is 5. The third-order valence-corrected chi connectivity index (χ3v) is 19.0. The van der Waals surface area contributed by atoms with Gasteiger partial charge in [0.05, 0.1) is 24.7 Å². The highest BCUT2D eigenvalue weighted by atomic mass is 16.6. The molecule has 14 unspecified atom stereocenters. The van der Waals surface area contributed by atoms with Crippen molar-refractivity contribution in [2.75, 3.05) is 20.3 Å². The van der Waals surface area contributed by atoms with Crippen molar-refractivity contribution in [1.82, 2.24) is 0 Å². The molecule has 1 aliphatic heterocycles. The normalized spacial score (nSPS) is 54.1. The van der Waals surface area contributed by atoms with Crippen LogP contribution in [0.15, 0.2) is 24.3 Å². The van der Waals surface area contributed by atoms with E-state index in [0.29, 0.717) is 30.8 Å². The maximum absolute atomic E-state index is 12.7. The van der Waals surface area contributed by atoms with Crippen molar-refractivity contribution in [3.05, 3.63) is 35.4 Å². The summed E-state index contributed by atoms with van der Waals surface area (Å²) in [5.41, 5.74) is 1.35. The van der Waals surface area contributed by atoms with Gasteiger partial charge in [-0.3, -0.25) is 4.79 Å². The molecule has 1 saturated heterocycles. The van der Waals surface area contributed by atoms with Crippen LogP contribution < -0.4 is 0 Å². The molecule has 272 valence electrons. The van der Waals surface area contributed by atoms with E-state index in [1.807, 2.05) is 6.92 Å². The van der Waals surface area contributed by atoms with Gasteiger partial charge in [-0.25, -0.2) is 0 Å². The van der Waals surface area contributed by atoms with Crippen molar-refractivity contribution in [2.24, 2.45) is 67.5 Å². The first kappa shape index (κ1) is 34.6. The second-order valence-corrected chi connectivity index (χ2v) is 20.0. The van der Waals surface area contributed by atoms with E-state index in [1.165, 1.54) is 24.0 Å². The fourth-order valence-electron chi connectivity index (χ4n) is 16.1. The van der Waals surface area contributed by atoms with E-state index in [4.69, 9.17) is 9.47 Å². The maximum Gasteiger partial charge on any atom is 0.309 e. The lowest BCUT2D eigenvalue weighted by Gasteiger charge is -2.81. The molecular formula is C43H64O6. The van der Waals surface area contributed by atoms with Gasteiger partial charge in [0, 0.05) is 30.3 Å². The van der Waals surface area contributed by atoms with Crippen molar-refractivity contribution in [2.45, 2.75) is 137 Å². The first-order valence-electron chi connectivity index (χ1n) is 19.8. The monoisotopic (exact) mass is 676 g/mol. The number of methoxy groups -OCH3 is 1. The van der Waals surface area contributed by atoms with Gasteiger partial charge in [-0.05, 0) is 140 Å². The lowest BCUT2D eigenvalue weighted by Crippen LogP contribution is -2.79. The number of carbonyl (C=O) groups is 1. The highest BCUT2D eigenvalue weighted by Gasteiger charge is 2.85. The van der Waals surface area contributed by atoms with E-state index in [-0.39, 0.29) is 57.0 Å². The van der Waals surface area contributed by atoms with Crippen molar-refractivity contribution in [3.8, 4) is 0 Å². The van der Waals surface area contributed by atoms with E-state index >= 15 is 0 Å².